The average Bonchev–Trinajstić information content (AvgIpc) is 3.49. The van der Waals surface area contributed by atoms with E-state index in [0.29, 0.717) is 30.4 Å². The van der Waals surface area contributed by atoms with Crippen molar-refractivity contribution >= 4 is 11.6 Å². The lowest BCUT2D eigenvalue weighted by Gasteiger charge is -2.23. The first-order chi connectivity index (χ1) is 15.1. The molecule has 2 heterocycles. The minimum absolute atomic E-state index is 0.000313. The fraction of sp³-hybridized carbons (Fsp3) is 0.348. The van der Waals surface area contributed by atoms with Crippen molar-refractivity contribution in [2.45, 2.75) is 44.9 Å². The number of carbonyl (C=O) groups is 1. The number of ether oxygens (including phenoxy) is 2. The number of aromatic nitrogens is 1. The summed E-state index contributed by atoms with van der Waals surface area (Å²) >= 11 is 0. The number of rotatable bonds is 7. The third-order valence-corrected chi connectivity index (χ3v) is 5.81. The lowest BCUT2D eigenvalue weighted by atomic mass is 9.87. The van der Waals surface area contributed by atoms with Crippen molar-refractivity contribution in [3.63, 3.8) is 0 Å². The smallest absolute Gasteiger partial charge is 0.400 e. The highest BCUT2D eigenvalue weighted by atomic mass is 19.3. The van der Waals surface area contributed by atoms with Gasteiger partial charge in [0.1, 0.15) is 5.76 Å². The highest BCUT2D eigenvalue weighted by Crippen LogP contribution is 2.56. The summed E-state index contributed by atoms with van der Waals surface area (Å²) in [4.78, 5) is 26.6. The Kier molecular flexibility index (Phi) is 5.36. The number of carbonyl (C=O) groups excluding carboxylic acids is 1. The molecule has 0 spiro atoms. The number of aromatic amines is 1. The van der Waals surface area contributed by atoms with E-state index in [1.54, 1.807) is 19.1 Å². The lowest BCUT2D eigenvalue weighted by Crippen LogP contribution is -2.38. The van der Waals surface area contributed by atoms with E-state index >= 15 is 0 Å². The number of halogens is 2. The monoisotopic (exact) mass is 443 g/mol. The van der Waals surface area contributed by atoms with Gasteiger partial charge in [-0.1, -0.05) is 24.3 Å². The summed E-state index contributed by atoms with van der Waals surface area (Å²) < 4.78 is 35.7. The van der Waals surface area contributed by atoms with Crippen LogP contribution in [0.25, 0.3) is 0 Å². The third-order valence-electron chi connectivity index (χ3n) is 5.81. The van der Waals surface area contributed by atoms with Gasteiger partial charge in [0, 0.05) is 30.3 Å². The van der Waals surface area contributed by atoms with Crippen molar-refractivity contribution < 1.29 is 23.0 Å². The Balaban J connectivity index is 1.37. The summed E-state index contributed by atoms with van der Waals surface area (Å²) in [6.07, 6.45) is 4.69. The van der Waals surface area contributed by atoms with Crippen LogP contribution in [-0.4, -0.2) is 28.9 Å². The number of hydrogen-bond acceptors (Lipinski definition) is 5. The molecule has 1 aromatic heterocycles. The average molecular weight is 443 g/mol. The highest BCUT2D eigenvalue weighted by molar-refractivity contribution is 6.11. The number of pyridine rings is 1. The zero-order valence-corrected chi connectivity index (χ0v) is 17.5. The van der Waals surface area contributed by atoms with Gasteiger partial charge >= 0.3 is 6.29 Å². The predicted molar refractivity (Wildman–Crippen MR) is 113 cm³/mol. The zero-order chi connectivity index (χ0) is 23.1. The van der Waals surface area contributed by atoms with Crippen LogP contribution in [0.3, 0.4) is 0 Å². The van der Waals surface area contributed by atoms with Crippen LogP contribution in [0, 0.1) is 10.8 Å². The Morgan fingerprint density at radius 2 is 2.06 bits per heavy atom. The molecule has 1 saturated carbocycles. The molecular weight excluding hydrogens is 420 g/mol. The van der Waals surface area contributed by atoms with Gasteiger partial charge in [-0.05, 0) is 43.9 Å². The van der Waals surface area contributed by atoms with Gasteiger partial charge in [-0.2, -0.15) is 0 Å². The van der Waals surface area contributed by atoms with Crippen molar-refractivity contribution in [2.24, 2.45) is 5.41 Å². The molecule has 0 saturated heterocycles. The Morgan fingerprint density at radius 3 is 2.72 bits per heavy atom. The number of allylic oxidation sites excluding steroid dienone is 4. The second-order valence-electron chi connectivity index (χ2n) is 8.17. The second-order valence-corrected chi connectivity index (χ2v) is 8.17. The van der Waals surface area contributed by atoms with Crippen LogP contribution < -0.4 is 10.9 Å². The van der Waals surface area contributed by atoms with Crippen LogP contribution in [0.5, 0.6) is 0 Å². The number of hydrogen-bond donors (Lipinski definition) is 3. The molecule has 1 unspecified atom stereocenters. The van der Waals surface area contributed by atoms with Gasteiger partial charge in [-0.3, -0.25) is 15.0 Å². The van der Waals surface area contributed by atoms with Crippen molar-refractivity contribution in [1.29, 1.82) is 5.41 Å². The quantitative estimate of drug-likeness (QED) is 0.442. The molecule has 32 heavy (non-hydrogen) atoms. The van der Waals surface area contributed by atoms with Gasteiger partial charge in [0.05, 0.1) is 11.1 Å². The Morgan fingerprint density at radius 1 is 1.31 bits per heavy atom. The summed E-state index contributed by atoms with van der Waals surface area (Å²) in [6.45, 7) is 5.66. The fourth-order valence-electron chi connectivity index (χ4n) is 3.85. The number of amides is 1. The minimum Gasteiger partial charge on any atom is -0.400 e. The second kappa shape index (κ2) is 7.89. The molecule has 0 bridgehead atoms. The molecule has 7 nitrogen and oxygen atoms in total. The third kappa shape index (κ3) is 4.28. The number of alkyl halides is 2. The fourth-order valence-corrected chi connectivity index (χ4v) is 3.85. The largest absolute Gasteiger partial charge is 0.585 e. The van der Waals surface area contributed by atoms with E-state index in [-0.39, 0.29) is 41.2 Å². The predicted octanol–water partition coefficient (Wildman–Crippen LogP) is 3.67. The summed E-state index contributed by atoms with van der Waals surface area (Å²) in [7, 11) is 0. The molecule has 0 radical (unpaired) electrons. The first-order valence-corrected chi connectivity index (χ1v) is 10.3. The maximum atomic E-state index is 13.3. The van der Waals surface area contributed by atoms with Gasteiger partial charge in [-0.15, -0.1) is 8.78 Å². The Hall–Kier alpha value is -3.49. The number of nitrogens with one attached hydrogen (secondary N) is 3. The molecule has 1 aliphatic heterocycles. The van der Waals surface area contributed by atoms with Crippen LogP contribution in [0.2, 0.25) is 0 Å². The molecule has 2 aliphatic carbocycles. The van der Waals surface area contributed by atoms with Crippen molar-refractivity contribution in [3.05, 3.63) is 81.7 Å². The SMILES string of the molecule is C=C(/C=C\C(C)NC(=O)C1(C2=CC3=C(CC2)OC(F)(F)O3)CC1)C(=N)c1ccc(=O)[nH]c1. The van der Waals surface area contributed by atoms with Crippen molar-refractivity contribution in [3.8, 4) is 0 Å². The standard InChI is InChI=1S/C23H23F2N3O4/c1-13(20(26)15-5-8-19(29)27-12-15)3-4-14(2)28-21(30)22(9-10-22)16-6-7-17-18(11-16)32-23(24,25)31-17/h3-5,8,11-12,14,26H,1,6-7,9-10H2,2H3,(H,27,29)(H,28,30)/b4-3-,26-20?. The van der Waals surface area contributed by atoms with Crippen molar-refractivity contribution in [1.82, 2.24) is 10.3 Å². The molecule has 1 amide bonds. The molecule has 1 aromatic rings. The van der Waals surface area contributed by atoms with Gasteiger partial charge in [-0.25, -0.2) is 0 Å². The van der Waals surface area contributed by atoms with Crippen LogP contribution in [0.1, 0.15) is 38.2 Å². The zero-order valence-electron chi connectivity index (χ0n) is 17.5. The van der Waals surface area contributed by atoms with Crippen LogP contribution in [-0.2, 0) is 14.3 Å². The molecule has 0 aromatic carbocycles. The highest BCUT2D eigenvalue weighted by Gasteiger charge is 2.54. The minimum atomic E-state index is -3.65. The Bertz CT molecular complexity index is 1120. The maximum Gasteiger partial charge on any atom is 0.585 e. The molecule has 4 rings (SSSR count). The number of H-pyrrole nitrogens is 1. The summed E-state index contributed by atoms with van der Waals surface area (Å²) in [5.74, 6) is -0.0491. The van der Waals surface area contributed by atoms with E-state index in [4.69, 9.17) is 5.41 Å². The normalized spacial score (nSPS) is 21.2. The maximum absolute atomic E-state index is 13.3. The molecule has 168 valence electrons. The molecular formula is C23H23F2N3O4. The molecule has 1 atom stereocenters. The van der Waals surface area contributed by atoms with E-state index < -0.39 is 11.7 Å². The van der Waals surface area contributed by atoms with E-state index in [0.717, 1.165) is 5.57 Å². The van der Waals surface area contributed by atoms with Gasteiger partial charge in [0.15, 0.2) is 5.76 Å². The van der Waals surface area contributed by atoms with Crippen LogP contribution >= 0.6 is 0 Å². The summed E-state index contributed by atoms with van der Waals surface area (Å²) in [5, 5.41) is 11.1. The van der Waals surface area contributed by atoms with E-state index in [1.807, 2.05) is 0 Å². The molecule has 9 heteroatoms. The van der Waals surface area contributed by atoms with E-state index in [1.165, 1.54) is 24.4 Å². The van der Waals surface area contributed by atoms with Gasteiger partial charge in [0.2, 0.25) is 11.5 Å². The van der Waals surface area contributed by atoms with Gasteiger partial charge in [0.25, 0.3) is 0 Å². The van der Waals surface area contributed by atoms with Crippen LogP contribution in [0.4, 0.5) is 8.78 Å². The summed E-state index contributed by atoms with van der Waals surface area (Å²) in [6, 6.07) is 2.53. The van der Waals surface area contributed by atoms with E-state index in [2.05, 4.69) is 26.4 Å². The van der Waals surface area contributed by atoms with Crippen molar-refractivity contribution in [2.75, 3.05) is 0 Å². The first-order valence-electron chi connectivity index (χ1n) is 10.3. The van der Waals surface area contributed by atoms with Gasteiger partial charge < -0.3 is 19.8 Å². The molecule has 3 N–H and O–H groups in total. The molecule has 3 aliphatic rings. The summed E-state index contributed by atoms with van der Waals surface area (Å²) in [5.41, 5.74) is 0.913. The lowest BCUT2D eigenvalue weighted by molar-refractivity contribution is -0.336. The van der Waals surface area contributed by atoms with Crippen LogP contribution in [0.15, 0.2) is 70.6 Å². The topological polar surface area (TPSA) is 104 Å². The van der Waals surface area contributed by atoms with E-state index in [9.17, 15) is 18.4 Å². The Labute approximate surface area is 183 Å². The first kappa shape index (κ1) is 21.7. The molecule has 1 fully saturated rings.